The summed E-state index contributed by atoms with van der Waals surface area (Å²) < 4.78 is 14.1. The number of rotatable bonds is 4. The van der Waals surface area contributed by atoms with Crippen LogP contribution in [0, 0.1) is 5.82 Å². The van der Waals surface area contributed by atoms with Crippen molar-refractivity contribution in [2.24, 2.45) is 0 Å². The molecule has 0 amide bonds. The number of benzene rings is 1. The Hall–Kier alpha value is -1.42. The predicted octanol–water partition coefficient (Wildman–Crippen LogP) is 2.86. The van der Waals surface area contributed by atoms with Crippen LogP contribution in [0.15, 0.2) is 18.2 Å². The second kappa shape index (κ2) is 6.15. The van der Waals surface area contributed by atoms with Gasteiger partial charge in [0.1, 0.15) is 5.82 Å². The van der Waals surface area contributed by atoms with Crippen molar-refractivity contribution in [1.29, 1.82) is 0 Å². The predicted molar refractivity (Wildman–Crippen MR) is 69.6 cm³/mol. The Balaban J connectivity index is 2.10. The van der Waals surface area contributed by atoms with E-state index in [0.29, 0.717) is 5.56 Å². The van der Waals surface area contributed by atoms with E-state index in [0.717, 1.165) is 31.2 Å². The van der Waals surface area contributed by atoms with Crippen LogP contribution in [0.3, 0.4) is 0 Å². The molecule has 0 spiro atoms. The van der Waals surface area contributed by atoms with Crippen molar-refractivity contribution in [3.63, 3.8) is 0 Å². The molecule has 0 aliphatic heterocycles. The molecule has 4 heteroatoms. The van der Waals surface area contributed by atoms with E-state index in [9.17, 15) is 14.3 Å². The summed E-state index contributed by atoms with van der Waals surface area (Å²) in [6.45, 7) is 0. The van der Waals surface area contributed by atoms with Gasteiger partial charge in [-0.3, -0.25) is 0 Å². The summed E-state index contributed by atoms with van der Waals surface area (Å²) in [4.78, 5) is 10.6. The average Bonchev–Trinajstić information content (AvgIpc) is 2.39. The first-order valence-electron chi connectivity index (χ1n) is 6.77. The third kappa shape index (κ3) is 3.53. The molecule has 2 N–H and O–H groups in total. The van der Waals surface area contributed by atoms with Gasteiger partial charge in [0.15, 0.2) is 6.10 Å². The number of carbonyl (C=O) groups is 1. The number of halogens is 1. The summed E-state index contributed by atoms with van der Waals surface area (Å²) in [6.07, 6.45) is 4.02. The fraction of sp³-hybridized carbons (Fsp3) is 0.533. The van der Waals surface area contributed by atoms with Gasteiger partial charge in [0.2, 0.25) is 0 Å². The van der Waals surface area contributed by atoms with Crippen LogP contribution < -0.4 is 0 Å². The Kier molecular flexibility index (Phi) is 4.53. The number of hydrogen-bond donors (Lipinski definition) is 2. The Bertz CT molecular complexity index is 453. The maximum atomic E-state index is 14.1. The lowest BCUT2D eigenvalue weighted by Gasteiger charge is -2.22. The van der Waals surface area contributed by atoms with Crippen molar-refractivity contribution in [3.8, 4) is 0 Å². The van der Waals surface area contributed by atoms with Gasteiger partial charge in [-0.25, -0.2) is 9.18 Å². The molecular weight excluding hydrogens is 247 g/mol. The number of carboxylic acid groups (broad SMARTS) is 1. The SMILES string of the molecule is O=C(O)[C@@H](O)Cc1ccc(C2CCCCC2)c(F)c1. The average molecular weight is 266 g/mol. The van der Waals surface area contributed by atoms with E-state index >= 15 is 0 Å². The van der Waals surface area contributed by atoms with Crippen LogP contribution in [0.4, 0.5) is 4.39 Å². The van der Waals surface area contributed by atoms with Crippen LogP contribution >= 0.6 is 0 Å². The van der Waals surface area contributed by atoms with E-state index in [2.05, 4.69) is 0 Å². The molecule has 0 radical (unpaired) electrons. The molecule has 0 aromatic heterocycles. The van der Waals surface area contributed by atoms with E-state index in [1.54, 1.807) is 12.1 Å². The molecule has 1 atom stereocenters. The number of carboxylic acids is 1. The smallest absolute Gasteiger partial charge is 0.332 e. The summed E-state index contributed by atoms with van der Waals surface area (Å²) >= 11 is 0. The van der Waals surface area contributed by atoms with Gasteiger partial charge in [0.25, 0.3) is 0 Å². The highest BCUT2D eigenvalue weighted by molar-refractivity contribution is 5.72. The fourth-order valence-electron chi connectivity index (χ4n) is 2.75. The minimum atomic E-state index is -1.47. The first-order valence-corrected chi connectivity index (χ1v) is 6.77. The quantitative estimate of drug-likeness (QED) is 0.881. The van der Waals surface area contributed by atoms with Crippen molar-refractivity contribution < 1.29 is 19.4 Å². The first-order chi connectivity index (χ1) is 9.08. The maximum absolute atomic E-state index is 14.1. The topological polar surface area (TPSA) is 57.5 Å². The minimum Gasteiger partial charge on any atom is -0.479 e. The van der Waals surface area contributed by atoms with Gasteiger partial charge in [0.05, 0.1) is 0 Å². The third-order valence-corrected chi connectivity index (χ3v) is 3.82. The second-order valence-electron chi connectivity index (χ2n) is 5.25. The molecule has 0 unspecified atom stereocenters. The highest BCUT2D eigenvalue weighted by atomic mass is 19.1. The van der Waals surface area contributed by atoms with Gasteiger partial charge >= 0.3 is 5.97 Å². The van der Waals surface area contributed by atoms with Gasteiger partial charge in [-0.05, 0) is 36.0 Å². The summed E-state index contributed by atoms with van der Waals surface area (Å²) in [6, 6.07) is 4.82. The Morgan fingerprint density at radius 2 is 2.00 bits per heavy atom. The Labute approximate surface area is 112 Å². The number of aliphatic hydroxyl groups is 1. The summed E-state index contributed by atoms with van der Waals surface area (Å²) in [5.41, 5.74) is 1.25. The maximum Gasteiger partial charge on any atom is 0.332 e. The lowest BCUT2D eigenvalue weighted by Crippen LogP contribution is -2.22. The molecule has 3 nitrogen and oxygen atoms in total. The molecule has 0 bridgehead atoms. The molecule has 1 saturated carbocycles. The van der Waals surface area contributed by atoms with Crippen molar-refractivity contribution in [3.05, 3.63) is 35.1 Å². The largest absolute Gasteiger partial charge is 0.479 e. The van der Waals surface area contributed by atoms with Crippen LogP contribution in [0.1, 0.15) is 49.1 Å². The molecule has 2 rings (SSSR count). The van der Waals surface area contributed by atoms with Crippen LogP contribution in [0.5, 0.6) is 0 Å². The molecule has 1 aliphatic carbocycles. The molecule has 104 valence electrons. The van der Waals surface area contributed by atoms with E-state index in [1.807, 2.05) is 0 Å². The molecule has 1 aliphatic rings. The molecule has 19 heavy (non-hydrogen) atoms. The third-order valence-electron chi connectivity index (χ3n) is 3.82. The lowest BCUT2D eigenvalue weighted by atomic mass is 9.83. The fourth-order valence-corrected chi connectivity index (χ4v) is 2.75. The molecule has 1 aromatic rings. The van der Waals surface area contributed by atoms with E-state index in [4.69, 9.17) is 5.11 Å². The van der Waals surface area contributed by atoms with Crippen LogP contribution in [-0.2, 0) is 11.2 Å². The van der Waals surface area contributed by atoms with Crippen LogP contribution in [0.25, 0.3) is 0 Å². The van der Waals surface area contributed by atoms with E-state index in [-0.39, 0.29) is 18.2 Å². The lowest BCUT2D eigenvalue weighted by molar-refractivity contribution is -0.146. The normalized spacial score (nSPS) is 18.2. The summed E-state index contributed by atoms with van der Waals surface area (Å²) in [7, 11) is 0. The van der Waals surface area contributed by atoms with Crippen LogP contribution in [0.2, 0.25) is 0 Å². The van der Waals surface area contributed by atoms with Gasteiger partial charge in [-0.1, -0.05) is 31.4 Å². The van der Waals surface area contributed by atoms with Crippen molar-refractivity contribution >= 4 is 5.97 Å². The highest BCUT2D eigenvalue weighted by Crippen LogP contribution is 2.34. The first kappa shape index (κ1) is 14.0. The Morgan fingerprint density at radius 3 is 2.58 bits per heavy atom. The Morgan fingerprint density at radius 1 is 1.32 bits per heavy atom. The van der Waals surface area contributed by atoms with Crippen LogP contribution in [-0.4, -0.2) is 22.3 Å². The van der Waals surface area contributed by atoms with Gasteiger partial charge in [-0.2, -0.15) is 0 Å². The molecule has 0 saturated heterocycles. The number of aliphatic carboxylic acids is 1. The zero-order chi connectivity index (χ0) is 13.8. The van der Waals surface area contributed by atoms with Crippen molar-refractivity contribution in [2.45, 2.75) is 50.5 Å². The summed E-state index contributed by atoms with van der Waals surface area (Å²) in [5.74, 6) is -1.27. The summed E-state index contributed by atoms with van der Waals surface area (Å²) in [5, 5.41) is 17.9. The monoisotopic (exact) mass is 266 g/mol. The molecule has 1 aromatic carbocycles. The standard InChI is InChI=1S/C15H19FO3/c16-13-8-10(9-14(17)15(18)19)6-7-12(13)11-4-2-1-3-5-11/h6-8,11,14,17H,1-5,9H2,(H,18,19)/t14-/m0/s1. The van der Waals surface area contributed by atoms with E-state index < -0.39 is 12.1 Å². The van der Waals surface area contributed by atoms with Crippen molar-refractivity contribution in [2.75, 3.05) is 0 Å². The highest BCUT2D eigenvalue weighted by Gasteiger charge is 2.20. The zero-order valence-corrected chi connectivity index (χ0v) is 10.8. The van der Waals surface area contributed by atoms with Gasteiger partial charge in [0, 0.05) is 6.42 Å². The second-order valence-corrected chi connectivity index (χ2v) is 5.25. The van der Waals surface area contributed by atoms with Gasteiger partial charge in [-0.15, -0.1) is 0 Å². The van der Waals surface area contributed by atoms with Crippen molar-refractivity contribution in [1.82, 2.24) is 0 Å². The molecule has 0 heterocycles. The molecular formula is C15H19FO3. The molecule has 1 fully saturated rings. The number of hydrogen-bond acceptors (Lipinski definition) is 2. The zero-order valence-electron chi connectivity index (χ0n) is 10.8. The van der Waals surface area contributed by atoms with Gasteiger partial charge < -0.3 is 10.2 Å². The number of aliphatic hydroxyl groups excluding tert-OH is 1. The minimum absolute atomic E-state index is 0.0583. The van der Waals surface area contributed by atoms with E-state index in [1.165, 1.54) is 12.5 Å².